The second kappa shape index (κ2) is 8.21. The molecular formula is C23H24N4O. The molecule has 1 aromatic heterocycles. The van der Waals surface area contributed by atoms with Gasteiger partial charge in [-0.3, -0.25) is 4.79 Å². The molecule has 28 heavy (non-hydrogen) atoms. The minimum Gasteiger partial charge on any atom is -0.355 e. The van der Waals surface area contributed by atoms with Gasteiger partial charge in [-0.1, -0.05) is 30.3 Å². The van der Waals surface area contributed by atoms with Gasteiger partial charge >= 0.3 is 0 Å². The third kappa shape index (κ3) is 4.03. The fourth-order valence-electron chi connectivity index (χ4n) is 3.50. The van der Waals surface area contributed by atoms with Crippen molar-refractivity contribution >= 4 is 17.4 Å². The third-order valence-electron chi connectivity index (χ3n) is 5.14. The molecule has 4 rings (SSSR count). The molecule has 142 valence electrons. The van der Waals surface area contributed by atoms with Gasteiger partial charge in [0.1, 0.15) is 0 Å². The number of aryl methyl sites for hydroxylation is 1. The molecule has 1 N–H and O–H groups in total. The van der Waals surface area contributed by atoms with Crippen LogP contribution < -0.4 is 10.2 Å². The van der Waals surface area contributed by atoms with Crippen molar-refractivity contribution in [3.8, 4) is 11.3 Å². The summed E-state index contributed by atoms with van der Waals surface area (Å²) in [5.74, 6) is 0.797. The summed E-state index contributed by atoms with van der Waals surface area (Å²) in [4.78, 5) is 14.9. The first-order valence-corrected chi connectivity index (χ1v) is 9.77. The van der Waals surface area contributed by atoms with E-state index in [2.05, 4.69) is 20.4 Å². The largest absolute Gasteiger partial charge is 0.355 e. The number of piperidine rings is 1. The van der Waals surface area contributed by atoms with Crippen LogP contribution in [-0.4, -0.2) is 29.2 Å². The molecule has 1 aliphatic heterocycles. The maximum absolute atomic E-state index is 12.7. The molecule has 0 atom stereocenters. The van der Waals surface area contributed by atoms with Crippen molar-refractivity contribution in [2.45, 2.75) is 26.2 Å². The number of aromatic nitrogens is 2. The summed E-state index contributed by atoms with van der Waals surface area (Å²) in [6.07, 6.45) is 3.71. The van der Waals surface area contributed by atoms with Crippen molar-refractivity contribution in [1.29, 1.82) is 0 Å². The lowest BCUT2D eigenvalue weighted by Gasteiger charge is -2.27. The van der Waals surface area contributed by atoms with Crippen LogP contribution in [0.2, 0.25) is 0 Å². The molecule has 0 spiro atoms. The molecule has 2 aromatic carbocycles. The van der Waals surface area contributed by atoms with E-state index in [1.807, 2.05) is 67.6 Å². The Hall–Kier alpha value is -3.21. The van der Waals surface area contributed by atoms with E-state index in [0.717, 1.165) is 41.4 Å². The van der Waals surface area contributed by atoms with E-state index in [-0.39, 0.29) is 5.91 Å². The quantitative estimate of drug-likeness (QED) is 0.721. The van der Waals surface area contributed by atoms with E-state index in [1.165, 1.54) is 19.3 Å². The van der Waals surface area contributed by atoms with Crippen molar-refractivity contribution < 1.29 is 4.79 Å². The monoisotopic (exact) mass is 372 g/mol. The SMILES string of the molecule is Cc1ccccc1NC(=O)c1cccc(-c2ccc(N3CCCCC3)nn2)c1. The molecule has 1 amide bonds. The first-order valence-electron chi connectivity index (χ1n) is 9.77. The zero-order valence-corrected chi connectivity index (χ0v) is 16.1. The van der Waals surface area contributed by atoms with Crippen LogP contribution in [0.25, 0.3) is 11.3 Å². The zero-order chi connectivity index (χ0) is 19.3. The standard InChI is InChI=1S/C23H24N4O/c1-17-8-3-4-11-20(17)24-23(28)19-10-7-9-18(16-19)21-12-13-22(26-25-21)27-14-5-2-6-15-27/h3-4,7-13,16H,2,5-6,14-15H2,1H3,(H,24,28). The molecule has 0 aliphatic carbocycles. The highest BCUT2D eigenvalue weighted by Gasteiger charge is 2.13. The molecule has 0 bridgehead atoms. The maximum atomic E-state index is 12.7. The summed E-state index contributed by atoms with van der Waals surface area (Å²) in [7, 11) is 0. The number of nitrogens with zero attached hydrogens (tertiary/aromatic N) is 3. The van der Waals surface area contributed by atoms with Crippen molar-refractivity contribution in [2.75, 3.05) is 23.3 Å². The number of hydrogen-bond donors (Lipinski definition) is 1. The van der Waals surface area contributed by atoms with Crippen molar-refractivity contribution in [1.82, 2.24) is 10.2 Å². The fraction of sp³-hybridized carbons (Fsp3) is 0.261. The van der Waals surface area contributed by atoms with Crippen LogP contribution in [0.4, 0.5) is 11.5 Å². The predicted octanol–water partition coefficient (Wildman–Crippen LogP) is 4.69. The van der Waals surface area contributed by atoms with Gasteiger partial charge in [0.05, 0.1) is 5.69 Å². The van der Waals surface area contributed by atoms with E-state index in [0.29, 0.717) is 5.56 Å². The van der Waals surface area contributed by atoms with Gasteiger partial charge in [0.2, 0.25) is 0 Å². The second-order valence-corrected chi connectivity index (χ2v) is 7.17. The number of benzene rings is 2. The number of carbonyl (C=O) groups is 1. The molecule has 1 fully saturated rings. The van der Waals surface area contributed by atoms with Gasteiger partial charge in [0, 0.05) is 29.9 Å². The molecule has 5 nitrogen and oxygen atoms in total. The smallest absolute Gasteiger partial charge is 0.255 e. The van der Waals surface area contributed by atoms with Gasteiger partial charge in [-0.25, -0.2) is 0 Å². The van der Waals surface area contributed by atoms with Gasteiger partial charge in [0.25, 0.3) is 5.91 Å². The number of carbonyl (C=O) groups excluding carboxylic acids is 1. The van der Waals surface area contributed by atoms with Crippen LogP contribution in [0.15, 0.2) is 60.7 Å². The van der Waals surface area contributed by atoms with Crippen LogP contribution in [0.1, 0.15) is 35.2 Å². The molecule has 1 aliphatic rings. The number of rotatable bonds is 4. The van der Waals surface area contributed by atoms with Gasteiger partial charge in [0.15, 0.2) is 5.82 Å². The van der Waals surface area contributed by atoms with E-state index >= 15 is 0 Å². The Morgan fingerprint density at radius 2 is 1.75 bits per heavy atom. The molecule has 3 aromatic rings. The Kier molecular flexibility index (Phi) is 5.33. The molecule has 5 heteroatoms. The van der Waals surface area contributed by atoms with Crippen molar-refractivity contribution in [3.63, 3.8) is 0 Å². The average Bonchev–Trinajstić information content (AvgIpc) is 2.76. The third-order valence-corrected chi connectivity index (χ3v) is 5.14. The lowest BCUT2D eigenvalue weighted by molar-refractivity contribution is 0.102. The Morgan fingerprint density at radius 1 is 0.929 bits per heavy atom. The van der Waals surface area contributed by atoms with E-state index in [9.17, 15) is 4.79 Å². The topological polar surface area (TPSA) is 58.1 Å². The summed E-state index contributed by atoms with van der Waals surface area (Å²) >= 11 is 0. The Labute approximate surface area is 165 Å². The average molecular weight is 372 g/mol. The number of para-hydroxylation sites is 1. The summed E-state index contributed by atoms with van der Waals surface area (Å²) in [5, 5.41) is 11.8. The van der Waals surface area contributed by atoms with Gasteiger partial charge in [-0.05, 0) is 62.1 Å². The zero-order valence-electron chi connectivity index (χ0n) is 16.1. The highest BCUT2D eigenvalue weighted by molar-refractivity contribution is 6.05. The Bertz CT molecular complexity index is 962. The minimum atomic E-state index is -0.131. The highest BCUT2D eigenvalue weighted by atomic mass is 16.1. The second-order valence-electron chi connectivity index (χ2n) is 7.17. The molecule has 2 heterocycles. The van der Waals surface area contributed by atoms with Crippen LogP contribution in [0.3, 0.4) is 0 Å². The van der Waals surface area contributed by atoms with Gasteiger partial charge in [-0.15, -0.1) is 10.2 Å². The summed E-state index contributed by atoms with van der Waals surface area (Å²) in [6.45, 7) is 4.07. The maximum Gasteiger partial charge on any atom is 0.255 e. The number of amides is 1. The Morgan fingerprint density at radius 3 is 2.50 bits per heavy atom. The summed E-state index contributed by atoms with van der Waals surface area (Å²) in [6, 6.07) is 19.3. The van der Waals surface area contributed by atoms with Gasteiger partial charge in [-0.2, -0.15) is 0 Å². The predicted molar refractivity (Wildman–Crippen MR) is 113 cm³/mol. The first kappa shape index (κ1) is 18.2. The molecular weight excluding hydrogens is 348 g/mol. The van der Waals surface area contributed by atoms with Crippen LogP contribution >= 0.6 is 0 Å². The van der Waals surface area contributed by atoms with Crippen LogP contribution in [-0.2, 0) is 0 Å². The summed E-state index contributed by atoms with van der Waals surface area (Å²) in [5.41, 5.74) is 4.11. The van der Waals surface area contributed by atoms with Crippen molar-refractivity contribution in [3.05, 3.63) is 71.8 Å². The highest BCUT2D eigenvalue weighted by Crippen LogP contribution is 2.22. The van der Waals surface area contributed by atoms with Crippen LogP contribution in [0, 0.1) is 6.92 Å². The lowest BCUT2D eigenvalue weighted by Crippen LogP contribution is -2.30. The van der Waals surface area contributed by atoms with Gasteiger partial charge < -0.3 is 10.2 Å². The van der Waals surface area contributed by atoms with E-state index in [4.69, 9.17) is 0 Å². The fourth-order valence-corrected chi connectivity index (χ4v) is 3.50. The number of anilines is 2. The normalized spacial score (nSPS) is 14.0. The Balaban J connectivity index is 1.51. The lowest BCUT2D eigenvalue weighted by atomic mass is 10.1. The molecule has 0 saturated carbocycles. The molecule has 1 saturated heterocycles. The van der Waals surface area contributed by atoms with E-state index in [1.54, 1.807) is 0 Å². The van der Waals surface area contributed by atoms with Crippen molar-refractivity contribution in [2.24, 2.45) is 0 Å². The molecule has 0 unspecified atom stereocenters. The number of hydrogen-bond acceptors (Lipinski definition) is 4. The van der Waals surface area contributed by atoms with Crippen LogP contribution in [0.5, 0.6) is 0 Å². The number of nitrogens with one attached hydrogen (secondary N) is 1. The summed E-state index contributed by atoms with van der Waals surface area (Å²) < 4.78 is 0. The first-order chi connectivity index (χ1) is 13.7. The minimum absolute atomic E-state index is 0.131. The van der Waals surface area contributed by atoms with E-state index < -0.39 is 0 Å². The molecule has 0 radical (unpaired) electrons.